The Morgan fingerprint density at radius 2 is 2.27 bits per heavy atom. The fourth-order valence-corrected chi connectivity index (χ4v) is 1.52. The molecule has 1 saturated carbocycles. The highest BCUT2D eigenvalue weighted by atomic mass is 16.2. The fourth-order valence-electron chi connectivity index (χ4n) is 1.52. The monoisotopic (exact) mass is 207 g/mol. The molecule has 0 radical (unpaired) electrons. The molecule has 1 N–H and O–H groups in total. The molecule has 1 aromatic heterocycles. The molecule has 0 saturated heterocycles. The van der Waals surface area contributed by atoms with E-state index in [0.717, 1.165) is 19.3 Å². The van der Waals surface area contributed by atoms with Crippen molar-refractivity contribution in [1.82, 2.24) is 9.78 Å². The summed E-state index contributed by atoms with van der Waals surface area (Å²) in [4.78, 5) is 22.9. The van der Waals surface area contributed by atoms with Gasteiger partial charge in [0.2, 0.25) is 5.78 Å². The Labute approximate surface area is 87.5 Å². The molecule has 1 aliphatic carbocycles. The molecule has 15 heavy (non-hydrogen) atoms. The van der Waals surface area contributed by atoms with Gasteiger partial charge in [0, 0.05) is 25.2 Å². The second-order valence-corrected chi connectivity index (χ2v) is 3.82. The van der Waals surface area contributed by atoms with E-state index < -0.39 is 5.91 Å². The number of hydrogen-bond acceptors (Lipinski definition) is 3. The van der Waals surface area contributed by atoms with Gasteiger partial charge >= 0.3 is 0 Å². The normalized spacial score (nSPS) is 15.8. The van der Waals surface area contributed by atoms with Crippen LogP contribution in [0.15, 0.2) is 12.3 Å². The van der Waals surface area contributed by atoms with Crippen molar-refractivity contribution < 1.29 is 9.59 Å². The third-order valence-electron chi connectivity index (χ3n) is 2.65. The van der Waals surface area contributed by atoms with Gasteiger partial charge in [-0.1, -0.05) is 6.42 Å². The maximum atomic E-state index is 11.5. The molecule has 2 rings (SSSR count). The van der Waals surface area contributed by atoms with Crippen molar-refractivity contribution in [2.24, 2.45) is 13.0 Å². The van der Waals surface area contributed by atoms with E-state index in [1.54, 1.807) is 24.0 Å². The number of rotatable bonds is 3. The van der Waals surface area contributed by atoms with E-state index >= 15 is 0 Å². The molecule has 0 spiro atoms. The van der Waals surface area contributed by atoms with Crippen LogP contribution in [-0.2, 0) is 16.6 Å². The topological polar surface area (TPSA) is 64.0 Å². The van der Waals surface area contributed by atoms with Crippen molar-refractivity contribution in [3.05, 3.63) is 12.3 Å². The van der Waals surface area contributed by atoms with Crippen LogP contribution >= 0.6 is 0 Å². The smallest absolute Gasteiger partial charge is 0.293 e. The summed E-state index contributed by atoms with van der Waals surface area (Å²) in [5.74, 6) is -0.491. The predicted octanol–water partition coefficient (Wildman–Crippen LogP) is 0.728. The lowest BCUT2D eigenvalue weighted by molar-refractivity contribution is -0.138. The first kappa shape index (κ1) is 9.89. The van der Waals surface area contributed by atoms with Gasteiger partial charge in [-0.2, -0.15) is 5.10 Å². The first-order valence-electron chi connectivity index (χ1n) is 5.01. The number of nitrogens with zero attached hydrogens (tertiary/aromatic N) is 2. The highest BCUT2D eigenvalue weighted by Crippen LogP contribution is 2.27. The van der Waals surface area contributed by atoms with Crippen LogP contribution in [0.25, 0.3) is 0 Å². The second kappa shape index (κ2) is 3.84. The Morgan fingerprint density at radius 3 is 2.73 bits per heavy atom. The van der Waals surface area contributed by atoms with E-state index in [1.165, 1.54) is 0 Å². The molecule has 5 heteroatoms. The highest BCUT2D eigenvalue weighted by Gasteiger charge is 2.30. The van der Waals surface area contributed by atoms with Gasteiger partial charge in [-0.25, -0.2) is 0 Å². The summed E-state index contributed by atoms with van der Waals surface area (Å²) in [5.41, 5.74) is 0. The number of Topliss-reactive ketones (excluding diaryl/α,β-unsaturated/α-hetero) is 1. The van der Waals surface area contributed by atoms with Gasteiger partial charge in [-0.05, 0) is 12.8 Å². The zero-order chi connectivity index (χ0) is 10.8. The summed E-state index contributed by atoms with van der Waals surface area (Å²) in [5, 5.41) is 6.46. The van der Waals surface area contributed by atoms with E-state index in [4.69, 9.17) is 0 Å². The largest absolute Gasteiger partial charge is 0.303 e. The third-order valence-corrected chi connectivity index (χ3v) is 2.65. The Bertz CT molecular complexity index is 393. The molecule has 0 bridgehead atoms. The van der Waals surface area contributed by atoms with Gasteiger partial charge < -0.3 is 5.32 Å². The van der Waals surface area contributed by atoms with E-state index in [-0.39, 0.29) is 11.7 Å². The Balaban J connectivity index is 1.94. The molecule has 0 unspecified atom stereocenters. The van der Waals surface area contributed by atoms with Crippen LogP contribution in [-0.4, -0.2) is 21.5 Å². The molecule has 0 aliphatic heterocycles. The fraction of sp³-hybridized carbons (Fsp3) is 0.500. The van der Waals surface area contributed by atoms with Gasteiger partial charge in [0.05, 0.1) is 0 Å². The van der Waals surface area contributed by atoms with E-state index in [1.807, 2.05) is 0 Å². The molecule has 1 heterocycles. The lowest BCUT2D eigenvalue weighted by Crippen LogP contribution is -2.33. The summed E-state index contributed by atoms with van der Waals surface area (Å²) < 4.78 is 1.57. The van der Waals surface area contributed by atoms with Crippen LogP contribution in [0.5, 0.6) is 0 Å². The number of anilines is 1. The van der Waals surface area contributed by atoms with Crippen molar-refractivity contribution in [3.63, 3.8) is 0 Å². The van der Waals surface area contributed by atoms with Gasteiger partial charge in [0.15, 0.2) is 5.82 Å². The van der Waals surface area contributed by atoms with Crippen molar-refractivity contribution in [3.8, 4) is 0 Å². The average molecular weight is 207 g/mol. The molecule has 5 nitrogen and oxygen atoms in total. The minimum absolute atomic E-state index is 0.0614. The zero-order valence-electron chi connectivity index (χ0n) is 8.56. The summed E-state index contributed by atoms with van der Waals surface area (Å²) >= 11 is 0. The quantitative estimate of drug-likeness (QED) is 0.743. The van der Waals surface area contributed by atoms with E-state index in [2.05, 4.69) is 10.4 Å². The van der Waals surface area contributed by atoms with E-state index in [0.29, 0.717) is 5.82 Å². The summed E-state index contributed by atoms with van der Waals surface area (Å²) in [6.07, 6.45) is 4.44. The molecular weight excluding hydrogens is 194 g/mol. The number of carbonyl (C=O) groups is 2. The number of aromatic nitrogens is 2. The number of ketones is 1. The number of amides is 1. The third kappa shape index (κ3) is 2.06. The van der Waals surface area contributed by atoms with Crippen LogP contribution in [0.1, 0.15) is 19.3 Å². The molecule has 0 atom stereocenters. The highest BCUT2D eigenvalue weighted by molar-refractivity contribution is 6.41. The van der Waals surface area contributed by atoms with Crippen molar-refractivity contribution in [1.29, 1.82) is 0 Å². The average Bonchev–Trinajstić information content (AvgIpc) is 2.48. The number of carbonyl (C=O) groups excluding carboxylic acids is 2. The van der Waals surface area contributed by atoms with Crippen molar-refractivity contribution in [2.45, 2.75) is 19.3 Å². The number of nitrogens with one attached hydrogen (secondary N) is 1. The van der Waals surface area contributed by atoms with Gasteiger partial charge in [0.25, 0.3) is 5.91 Å². The Hall–Kier alpha value is -1.65. The summed E-state index contributed by atoms with van der Waals surface area (Å²) in [6.45, 7) is 0. The minimum Gasteiger partial charge on any atom is -0.303 e. The van der Waals surface area contributed by atoms with Gasteiger partial charge in [-0.3, -0.25) is 14.3 Å². The first-order chi connectivity index (χ1) is 7.16. The Kier molecular flexibility index (Phi) is 2.53. The minimum atomic E-state index is -0.543. The van der Waals surface area contributed by atoms with Crippen LogP contribution in [0, 0.1) is 5.92 Å². The maximum Gasteiger partial charge on any atom is 0.293 e. The molecular formula is C10H13N3O2. The van der Waals surface area contributed by atoms with Crippen molar-refractivity contribution >= 4 is 17.5 Å². The number of hydrogen-bond donors (Lipinski definition) is 1. The summed E-state index contributed by atoms with van der Waals surface area (Å²) in [6, 6.07) is 1.66. The van der Waals surface area contributed by atoms with Crippen LogP contribution in [0.3, 0.4) is 0 Å². The molecule has 80 valence electrons. The molecule has 1 aliphatic rings. The SMILES string of the molecule is Cn1ccc(NC(=O)C(=O)C2CCC2)n1. The van der Waals surface area contributed by atoms with Gasteiger partial charge in [-0.15, -0.1) is 0 Å². The molecule has 1 amide bonds. The maximum absolute atomic E-state index is 11.5. The first-order valence-corrected chi connectivity index (χ1v) is 5.01. The standard InChI is InChI=1S/C10H13N3O2/c1-13-6-5-8(12-13)11-10(15)9(14)7-3-2-4-7/h5-7H,2-4H2,1H3,(H,11,12,15). The zero-order valence-corrected chi connectivity index (χ0v) is 8.56. The lowest BCUT2D eigenvalue weighted by atomic mass is 9.82. The van der Waals surface area contributed by atoms with E-state index in [9.17, 15) is 9.59 Å². The molecule has 0 aromatic carbocycles. The lowest BCUT2D eigenvalue weighted by Gasteiger charge is -2.22. The van der Waals surface area contributed by atoms with Crippen molar-refractivity contribution in [2.75, 3.05) is 5.32 Å². The Morgan fingerprint density at radius 1 is 1.53 bits per heavy atom. The molecule has 1 aromatic rings. The predicted molar refractivity (Wildman–Crippen MR) is 54.2 cm³/mol. The molecule has 1 fully saturated rings. The van der Waals surface area contributed by atoms with Crippen LogP contribution in [0.2, 0.25) is 0 Å². The van der Waals surface area contributed by atoms with Crippen LogP contribution in [0.4, 0.5) is 5.82 Å². The van der Waals surface area contributed by atoms with Crippen LogP contribution < -0.4 is 5.32 Å². The van der Waals surface area contributed by atoms with Gasteiger partial charge in [0.1, 0.15) is 0 Å². The summed E-state index contributed by atoms with van der Waals surface area (Å²) in [7, 11) is 1.75. The second-order valence-electron chi connectivity index (χ2n) is 3.82. The number of aryl methyl sites for hydroxylation is 1.